The average Bonchev–Trinajstić information content (AvgIpc) is 3.14. The molecular formula is C20H27F2N3O2. The molecule has 2 heterocycles. The molecular weight excluding hydrogens is 352 g/mol. The number of rotatable bonds is 8. The van der Waals surface area contributed by atoms with Gasteiger partial charge < -0.3 is 14.6 Å². The summed E-state index contributed by atoms with van der Waals surface area (Å²) in [6.45, 7) is 6.48. The van der Waals surface area contributed by atoms with E-state index in [4.69, 9.17) is 9.26 Å². The minimum absolute atomic E-state index is 0.0416. The Labute approximate surface area is 158 Å². The second-order valence-electron chi connectivity index (χ2n) is 7.21. The van der Waals surface area contributed by atoms with E-state index in [-0.39, 0.29) is 23.1 Å². The molecule has 1 atom stereocenters. The van der Waals surface area contributed by atoms with E-state index >= 15 is 0 Å². The summed E-state index contributed by atoms with van der Waals surface area (Å²) in [5.74, 6) is -0.254. The topological polar surface area (TPSA) is 60.2 Å². The zero-order valence-corrected chi connectivity index (χ0v) is 15.9. The van der Waals surface area contributed by atoms with Gasteiger partial charge in [-0.1, -0.05) is 19.0 Å². The second-order valence-corrected chi connectivity index (χ2v) is 7.21. The molecule has 1 fully saturated rings. The van der Waals surface area contributed by atoms with Crippen LogP contribution in [0.15, 0.2) is 16.7 Å². The minimum Gasteiger partial charge on any atom is -0.493 e. The molecule has 27 heavy (non-hydrogen) atoms. The number of aromatic nitrogens is 2. The Hall–Kier alpha value is -2.02. The largest absolute Gasteiger partial charge is 0.493 e. The third kappa shape index (κ3) is 5.03. The molecule has 1 aromatic heterocycles. The van der Waals surface area contributed by atoms with Crippen LogP contribution in [0.5, 0.6) is 5.75 Å². The number of nitrogens with zero attached hydrogens (tertiary/aromatic N) is 2. The third-order valence-corrected chi connectivity index (χ3v) is 5.20. The highest BCUT2D eigenvalue weighted by atomic mass is 19.1. The molecule has 0 radical (unpaired) electrons. The highest BCUT2D eigenvalue weighted by molar-refractivity contribution is 5.58. The lowest BCUT2D eigenvalue weighted by Crippen LogP contribution is -2.27. The molecule has 7 heteroatoms. The van der Waals surface area contributed by atoms with Crippen LogP contribution in [0.2, 0.25) is 0 Å². The maximum Gasteiger partial charge on any atom is 0.229 e. The molecule has 5 nitrogen and oxygen atoms in total. The fourth-order valence-corrected chi connectivity index (χ4v) is 3.29. The first-order valence-corrected chi connectivity index (χ1v) is 9.75. The lowest BCUT2D eigenvalue weighted by Gasteiger charge is -2.22. The van der Waals surface area contributed by atoms with Crippen molar-refractivity contribution < 1.29 is 18.0 Å². The Morgan fingerprint density at radius 1 is 1.26 bits per heavy atom. The van der Waals surface area contributed by atoms with Gasteiger partial charge in [0.05, 0.1) is 12.2 Å². The van der Waals surface area contributed by atoms with Crippen molar-refractivity contribution in [3.05, 3.63) is 29.7 Å². The highest BCUT2D eigenvalue weighted by Gasteiger charge is 2.21. The van der Waals surface area contributed by atoms with Crippen LogP contribution < -0.4 is 10.1 Å². The van der Waals surface area contributed by atoms with Crippen molar-refractivity contribution in [2.75, 3.05) is 19.7 Å². The quantitative estimate of drug-likeness (QED) is 0.675. The molecule has 1 aromatic carbocycles. The molecule has 1 aliphatic rings. The molecule has 3 rings (SSSR count). The Balaban J connectivity index is 1.60. The predicted octanol–water partition coefficient (Wildman–Crippen LogP) is 4.69. The van der Waals surface area contributed by atoms with Crippen LogP contribution in [0, 0.1) is 17.6 Å². The molecule has 1 unspecified atom stereocenters. The molecule has 0 amide bonds. The number of hydrogen-bond donors (Lipinski definition) is 1. The van der Waals surface area contributed by atoms with Crippen LogP contribution in [0.4, 0.5) is 8.78 Å². The summed E-state index contributed by atoms with van der Waals surface area (Å²) < 4.78 is 39.5. The van der Waals surface area contributed by atoms with E-state index in [1.165, 1.54) is 25.0 Å². The smallest absolute Gasteiger partial charge is 0.229 e. The summed E-state index contributed by atoms with van der Waals surface area (Å²) in [7, 11) is 0. The first-order chi connectivity index (χ1) is 13.1. The van der Waals surface area contributed by atoms with Crippen molar-refractivity contribution in [2.24, 2.45) is 5.92 Å². The summed E-state index contributed by atoms with van der Waals surface area (Å²) in [6, 6.07) is 2.37. The molecule has 0 aliphatic carbocycles. The maximum absolute atomic E-state index is 14.4. The first-order valence-electron chi connectivity index (χ1n) is 9.75. The summed E-state index contributed by atoms with van der Waals surface area (Å²) in [5.41, 5.74) is -0.282. The van der Waals surface area contributed by atoms with E-state index in [0.29, 0.717) is 18.4 Å². The molecule has 148 valence electrons. The Kier molecular flexibility index (Phi) is 6.77. The van der Waals surface area contributed by atoms with Gasteiger partial charge in [0.25, 0.3) is 0 Å². The van der Waals surface area contributed by atoms with Gasteiger partial charge in [0.1, 0.15) is 17.4 Å². The summed E-state index contributed by atoms with van der Waals surface area (Å²) >= 11 is 0. The van der Waals surface area contributed by atoms with E-state index in [1.807, 2.05) is 13.8 Å². The van der Waals surface area contributed by atoms with E-state index in [9.17, 15) is 8.78 Å². The van der Waals surface area contributed by atoms with Crippen molar-refractivity contribution >= 4 is 0 Å². The van der Waals surface area contributed by atoms with Crippen LogP contribution in [0.3, 0.4) is 0 Å². The van der Waals surface area contributed by atoms with E-state index in [0.717, 1.165) is 32.4 Å². The van der Waals surface area contributed by atoms with Crippen molar-refractivity contribution in [3.63, 3.8) is 0 Å². The second kappa shape index (κ2) is 9.26. The van der Waals surface area contributed by atoms with E-state index < -0.39 is 11.6 Å². The lowest BCUT2D eigenvalue weighted by molar-refractivity contribution is 0.272. The van der Waals surface area contributed by atoms with Gasteiger partial charge in [0.15, 0.2) is 0 Å². The SMILES string of the molecule is CCC(C)c1nc(-c2c(F)cc(OCCCC3CCNCC3)cc2F)no1. The molecule has 0 spiro atoms. The molecule has 0 saturated carbocycles. The summed E-state index contributed by atoms with van der Waals surface area (Å²) in [4.78, 5) is 4.13. The van der Waals surface area contributed by atoms with Crippen LogP contribution in [-0.4, -0.2) is 29.8 Å². The van der Waals surface area contributed by atoms with Gasteiger partial charge in [0, 0.05) is 18.1 Å². The van der Waals surface area contributed by atoms with Crippen LogP contribution >= 0.6 is 0 Å². The molecule has 2 aromatic rings. The normalized spacial score (nSPS) is 16.4. The van der Waals surface area contributed by atoms with Crippen LogP contribution in [0.25, 0.3) is 11.4 Å². The average molecular weight is 379 g/mol. The summed E-state index contributed by atoms with van der Waals surface area (Å²) in [6.07, 6.45) is 5.12. The van der Waals surface area contributed by atoms with E-state index in [1.54, 1.807) is 0 Å². The Morgan fingerprint density at radius 3 is 2.63 bits per heavy atom. The number of piperidine rings is 1. The van der Waals surface area contributed by atoms with Gasteiger partial charge in [0.2, 0.25) is 11.7 Å². The Bertz CT molecular complexity index is 722. The molecule has 1 N–H and O–H groups in total. The van der Waals surface area contributed by atoms with Crippen molar-refractivity contribution in [1.82, 2.24) is 15.5 Å². The van der Waals surface area contributed by atoms with Crippen molar-refractivity contribution in [2.45, 2.75) is 51.9 Å². The fraction of sp³-hybridized carbons (Fsp3) is 0.600. The predicted molar refractivity (Wildman–Crippen MR) is 98.7 cm³/mol. The molecule has 0 bridgehead atoms. The minimum atomic E-state index is -0.750. The number of ether oxygens (including phenoxy) is 1. The van der Waals surface area contributed by atoms with Crippen molar-refractivity contribution in [1.29, 1.82) is 0 Å². The number of benzene rings is 1. The summed E-state index contributed by atoms with van der Waals surface area (Å²) in [5, 5.41) is 7.06. The highest BCUT2D eigenvalue weighted by Crippen LogP contribution is 2.29. The number of halogens is 2. The van der Waals surface area contributed by atoms with Crippen LogP contribution in [-0.2, 0) is 0 Å². The number of hydrogen-bond acceptors (Lipinski definition) is 5. The van der Waals surface area contributed by atoms with Gasteiger partial charge in [-0.25, -0.2) is 8.78 Å². The van der Waals surface area contributed by atoms with Crippen LogP contribution in [0.1, 0.15) is 57.8 Å². The van der Waals surface area contributed by atoms with Gasteiger partial charge in [-0.3, -0.25) is 0 Å². The van der Waals surface area contributed by atoms with E-state index in [2.05, 4.69) is 15.5 Å². The van der Waals surface area contributed by atoms with Crippen molar-refractivity contribution in [3.8, 4) is 17.1 Å². The monoisotopic (exact) mass is 379 g/mol. The van der Waals surface area contributed by atoms with Gasteiger partial charge in [-0.2, -0.15) is 4.98 Å². The van der Waals surface area contributed by atoms with Gasteiger partial charge in [-0.15, -0.1) is 0 Å². The first kappa shape index (κ1) is 19.7. The molecule has 1 aliphatic heterocycles. The zero-order chi connectivity index (χ0) is 19.2. The van der Waals surface area contributed by atoms with Gasteiger partial charge in [-0.05, 0) is 51.1 Å². The number of nitrogens with one attached hydrogen (secondary N) is 1. The Morgan fingerprint density at radius 2 is 1.96 bits per heavy atom. The van der Waals surface area contributed by atoms with Gasteiger partial charge >= 0.3 is 0 Å². The molecule has 1 saturated heterocycles. The third-order valence-electron chi connectivity index (χ3n) is 5.20. The fourth-order valence-electron chi connectivity index (χ4n) is 3.29. The lowest BCUT2D eigenvalue weighted by atomic mass is 9.93. The zero-order valence-electron chi connectivity index (χ0n) is 15.9. The maximum atomic E-state index is 14.4. The standard InChI is InChI=1S/C20H27F2N3O2/c1-3-13(2)20-24-19(25-27-20)18-16(21)11-15(12-17(18)22)26-10-4-5-14-6-8-23-9-7-14/h11-14,23H,3-10H2,1-2H3.